The third kappa shape index (κ3) is 4.93. The Kier molecular flexibility index (Phi) is 6.15. The molecule has 0 spiro atoms. The Balaban J connectivity index is 2.14. The van der Waals surface area contributed by atoms with Gasteiger partial charge in [-0.15, -0.1) is 0 Å². The number of phenolic OH excluding ortho intramolecular Hbond substituents is 2. The minimum atomic E-state index is -0.481. The first kappa shape index (κ1) is 20.0. The topological polar surface area (TPSA) is 83.6 Å². The Morgan fingerprint density at radius 3 is 1.66 bits per heavy atom. The van der Waals surface area contributed by atoms with Gasteiger partial charge < -0.3 is 15.9 Å². The van der Waals surface area contributed by atoms with E-state index in [9.17, 15) is 15.0 Å². The van der Waals surface area contributed by atoms with Gasteiger partial charge in [-0.05, 0) is 70.2 Å². The Bertz CT molecular complexity index is 997. The van der Waals surface area contributed by atoms with Crippen molar-refractivity contribution >= 4 is 23.1 Å². The standard InChI is InChI=1S/C25H23NO3/c1-2-23(18-6-3-17(4-7-18)5-16-24(26)29)25(19-8-12-21(27)13-9-19)20-10-14-22(28)15-11-20/h3-16,27-28H,2H2,1H3,(H2,26,29). The van der Waals surface area contributed by atoms with Crippen molar-refractivity contribution < 1.29 is 15.0 Å². The highest BCUT2D eigenvalue weighted by atomic mass is 16.3. The molecule has 4 heteroatoms. The minimum absolute atomic E-state index is 0.211. The molecule has 4 nitrogen and oxygen atoms in total. The average molecular weight is 385 g/mol. The van der Waals surface area contributed by atoms with E-state index in [2.05, 4.69) is 6.92 Å². The van der Waals surface area contributed by atoms with Crippen molar-refractivity contribution in [1.29, 1.82) is 0 Å². The van der Waals surface area contributed by atoms with Crippen LogP contribution in [0.25, 0.3) is 17.2 Å². The molecule has 0 fully saturated rings. The van der Waals surface area contributed by atoms with Gasteiger partial charge in [0.15, 0.2) is 0 Å². The van der Waals surface area contributed by atoms with Crippen molar-refractivity contribution in [3.63, 3.8) is 0 Å². The van der Waals surface area contributed by atoms with Gasteiger partial charge >= 0.3 is 0 Å². The predicted octanol–water partition coefficient (Wildman–Crippen LogP) is 4.97. The molecule has 4 N–H and O–H groups in total. The second kappa shape index (κ2) is 8.93. The number of benzene rings is 3. The van der Waals surface area contributed by atoms with E-state index >= 15 is 0 Å². The molecule has 0 bridgehead atoms. The second-order valence-electron chi connectivity index (χ2n) is 6.66. The van der Waals surface area contributed by atoms with E-state index in [1.807, 2.05) is 48.5 Å². The van der Waals surface area contributed by atoms with Gasteiger partial charge in [0, 0.05) is 6.08 Å². The highest BCUT2D eigenvalue weighted by Gasteiger charge is 2.13. The van der Waals surface area contributed by atoms with Crippen LogP contribution in [0.1, 0.15) is 35.6 Å². The van der Waals surface area contributed by atoms with Crippen LogP contribution < -0.4 is 5.73 Å². The van der Waals surface area contributed by atoms with Gasteiger partial charge in [0.2, 0.25) is 5.91 Å². The molecule has 0 aliphatic carbocycles. The molecule has 0 saturated carbocycles. The average Bonchev–Trinajstić information content (AvgIpc) is 2.73. The van der Waals surface area contributed by atoms with E-state index in [1.165, 1.54) is 6.08 Å². The predicted molar refractivity (Wildman–Crippen MR) is 117 cm³/mol. The molecule has 0 heterocycles. The van der Waals surface area contributed by atoms with Crippen molar-refractivity contribution in [2.75, 3.05) is 0 Å². The lowest BCUT2D eigenvalue weighted by Crippen LogP contribution is -2.05. The van der Waals surface area contributed by atoms with Gasteiger partial charge in [0.05, 0.1) is 0 Å². The lowest BCUT2D eigenvalue weighted by molar-refractivity contribution is -0.113. The number of carbonyl (C=O) groups excluding carboxylic acids is 1. The summed E-state index contributed by atoms with van der Waals surface area (Å²) >= 11 is 0. The highest BCUT2D eigenvalue weighted by molar-refractivity contribution is 5.98. The molecule has 0 aliphatic rings. The summed E-state index contributed by atoms with van der Waals surface area (Å²) in [6.07, 6.45) is 3.81. The number of phenols is 2. The van der Waals surface area contributed by atoms with Crippen molar-refractivity contribution in [2.45, 2.75) is 13.3 Å². The smallest absolute Gasteiger partial charge is 0.241 e. The zero-order valence-corrected chi connectivity index (χ0v) is 16.2. The van der Waals surface area contributed by atoms with Crippen LogP contribution in [0, 0.1) is 0 Å². The molecule has 3 rings (SSSR count). The molecule has 3 aromatic carbocycles. The number of rotatable bonds is 6. The van der Waals surface area contributed by atoms with Gasteiger partial charge in [-0.2, -0.15) is 0 Å². The number of primary amides is 1. The molecule has 29 heavy (non-hydrogen) atoms. The molecular weight excluding hydrogens is 362 g/mol. The van der Waals surface area contributed by atoms with Crippen molar-refractivity contribution in [3.05, 3.63) is 101 Å². The lowest BCUT2D eigenvalue weighted by atomic mass is 9.88. The Morgan fingerprint density at radius 2 is 1.24 bits per heavy atom. The van der Waals surface area contributed by atoms with E-state index in [0.29, 0.717) is 0 Å². The fraction of sp³-hybridized carbons (Fsp3) is 0.0800. The molecule has 3 aromatic rings. The molecular formula is C25H23NO3. The first-order valence-electron chi connectivity index (χ1n) is 9.38. The van der Waals surface area contributed by atoms with Crippen LogP contribution in [0.3, 0.4) is 0 Å². The third-order valence-corrected chi connectivity index (χ3v) is 4.67. The Morgan fingerprint density at radius 1 is 0.793 bits per heavy atom. The zero-order chi connectivity index (χ0) is 20.8. The summed E-state index contributed by atoms with van der Waals surface area (Å²) in [5.41, 5.74) is 11.2. The van der Waals surface area contributed by atoms with E-state index in [-0.39, 0.29) is 11.5 Å². The zero-order valence-electron chi connectivity index (χ0n) is 16.2. The molecule has 0 saturated heterocycles. The second-order valence-corrected chi connectivity index (χ2v) is 6.66. The molecule has 146 valence electrons. The van der Waals surface area contributed by atoms with Gasteiger partial charge in [0.1, 0.15) is 11.5 Å². The van der Waals surface area contributed by atoms with Crippen LogP contribution in [0.5, 0.6) is 11.5 Å². The number of nitrogens with two attached hydrogens (primary N) is 1. The van der Waals surface area contributed by atoms with Crippen LogP contribution >= 0.6 is 0 Å². The van der Waals surface area contributed by atoms with Crippen LogP contribution in [0.4, 0.5) is 0 Å². The third-order valence-electron chi connectivity index (χ3n) is 4.67. The van der Waals surface area contributed by atoms with Gasteiger partial charge in [0.25, 0.3) is 0 Å². The SMILES string of the molecule is CCC(=C(c1ccc(O)cc1)c1ccc(O)cc1)c1ccc(C=CC(N)=O)cc1. The maximum Gasteiger partial charge on any atom is 0.241 e. The highest BCUT2D eigenvalue weighted by Crippen LogP contribution is 2.35. The number of carbonyl (C=O) groups is 1. The summed E-state index contributed by atoms with van der Waals surface area (Å²) in [4.78, 5) is 10.9. The van der Waals surface area contributed by atoms with Crippen molar-refractivity contribution in [3.8, 4) is 11.5 Å². The fourth-order valence-electron chi connectivity index (χ4n) is 3.27. The van der Waals surface area contributed by atoms with E-state index in [1.54, 1.807) is 30.3 Å². The quantitative estimate of drug-likeness (QED) is 0.414. The van der Waals surface area contributed by atoms with Gasteiger partial charge in [-0.3, -0.25) is 4.79 Å². The number of aromatic hydroxyl groups is 2. The summed E-state index contributed by atoms with van der Waals surface area (Å²) in [7, 11) is 0. The first-order chi connectivity index (χ1) is 14.0. The molecule has 0 aliphatic heterocycles. The summed E-state index contributed by atoms with van der Waals surface area (Å²) in [6, 6.07) is 22.1. The largest absolute Gasteiger partial charge is 0.508 e. The lowest BCUT2D eigenvalue weighted by Gasteiger charge is -2.17. The van der Waals surface area contributed by atoms with Gasteiger partial charge in [-0.25, -0.2) is 0 Å². The van der Waals surface area contributed by atoms with Crippen LogP contribution in [0.15, 0.2) is 78.9 Å². The van der Waals surface area contributed by atoms with Crippen LogP contribution in [-0.2, 0) is 4.79 Å². The summed E-state index contributed by atoms with van der Waals surface area (Å²) in [5.74, 6) is -0.0601. The van der Waals surface area contributed by atoms with Gasteiger partial charge in [-0.1, -0.05) is 55.5 Å². The number of amides is 1. The Labute approximate surface area is 170 Å². The summed E-state index contributed by atoms with van der Waals surface area (Å²) in [5, 5.41) is 19.4. The number of hydrogen-bond acceptors (Lipinski definition) is 3. The molecule has 0 aromatic heterocycles. The van der Waals surface area contributed by atoms with Crippen molar-refractivity contribution in [1.82, 2.24) is 0 Å². The van der Waals surface area contributed by atoms with Crippen LogP contribution in [0.2, 0.25) is 0 Å². The molecule has 0 unspecified atom stereocenters. The molecule has 0 radical (unpaired) electrons. The molecule has 1 amide bonds. The maximum absolute atomic E-state index is 10.9. The summed E-state index contributed by atoms with van der Waals surface area (Å²) in [6.45, 7) is 2.09. The Hall–Kier alpha value is -3.79. The monoisotopic (exact) mass is 385 g/mol. The van der Waals surface area contributed by atoms with E-state index in [4.69, 9.17) is 5.73 Å². The fourth-order valence-corrected chi connectivity index (χ4v) is 3.27. The van der Waals surface area contributed by atoms with Crippen LogP contribution in [-0.4, -0.2) is 16.1 Å². The number of allylic oxidation sites excluding steroid dienone is 1. The van der Waals surface area contributed by atoms with Crippen molar-refractivity contribution in [2.24, 2.45) is 5.73 Å². The van der Waals surface area contributed by atoms with E-state index in [0.717, 1.165) is 39.8 Å². The maximum atomic E-state index is 10.9. The number of hydrogen-bond donors (Lipinski definition) is 3. The van der Waals surface area contributed by atoms with E-state index < -0.39 is 5.91 Å². The summed E-state index contributed by atoms with van der Waals surface area (Å²) < 4.78 is 0. The molecule has 0 atom stereocenters. The first-order valence-corrected chi connectivity index (χ1v) is 9.38. The normalized spacial score (nSPS) is 10.8. The minimum Gasteiger partial charge on any atom is -0.508 e.